The van der Waals surface area contributed by atoms with E-state index in [1.807, 2.05) is 0 Å². The molecule has 0 bridgehead atoms. The molecule has 90 valence electrons. The van der Waals surface area contributed by atoms with Crippen LogP contribution in [0.25, 0.3) is 0 Å². The molecule has 3 heteroatoms. The summed E-state index contributed by atoms with van der Waals surface area (Å²) in [6.07, 6.45) is 6.08. The van der Waals surface area contributed by atoms with E-state index in [9.17, 15) is 0 Å². The lowest BCUT2D eigenvalue weighted by atomic mass is 10.2. The zero-order valence-electron chi connectivity index (χ0n) is 10.0. The van der Waals surface area contributed by atoms with Gasteiger partial charge in [-0.2, -0.15) is 0 Å². The van der Waals surface area contributed by atoms with Crippen molar-refractivity contribution in [2.75, 3.05) is 32.8 Å². The molecule has 0 saturated carbocycles. The van der Waals surface area contributed by atoms with Crippen molar-refractivity contribution in [3.05, 3.63) is 0 Å². The summed E-state index contributed by atoms with van der Waals surface area (Å²) in [7, 11) is 0. The molecule has 1 aliphatic heterocycles. The Balaban J connectivity index is 2.09. The molecule has 0 aliphatic carbocycles. The summed E-state index contributed by atoms with van der Waals surface area (Å²) in [4.78, 5) is 2.61. The minimum absolute atomic E-state index is 0.348. The highest BCUT2D eigenvalue weighted by molar-refractivity contribution is 4.80. The molecule has 1 heterocycles. The number of aliphatic hydroxyl groups is 1. The maximum Gasteiger partial charge on any atom is 0.0431 e. The van der Waals surface area contributed by atoms with Crippen LogP contribution in [0.15, 0.2) is 0 Å². The van der Waals surface area contributed by atoms with Crippen LogP contribution in [0.2, 0.25) is 0 Å². The predicted octanol–water partition coefficient (Wildman–Crippen LogP) is 1.22. The van der Waals surface area contributed by atoms with E-state index >= 15 is 0 Å². The Labute approximate surface area is 93.9 Å². The average Bonchev–Trinajstić information content (AvgIpc) is 2.69. The van der Waals surface area contributed by atoms with Crippen molar-refractivity contribution < 1.29 is 5.11 Å². The number of rotatable bonds is 8. The van der Waals surface area contributed by atoms with Gasteiger partial charge < -0.3 is 10.4 Å². The largest absolute Gasteiger partial charge is 0.396 e. The van der Waals surface area contributed by atoms with Crippen LogP contribution in [0.1, 0.15) is 39.0 Å². The lowest BCUT2D eigenvalue weighted by Gasteiger charge is -2.24. The van der Waals surface area contributed by atoms with Gasteiger partial charge in [-0.15, -0.1) is 0 Å². The van der Waals surface area contributed by atoms with Gasteiger partial charge in [0.1, 0.15) is 0 Å². The monoisotopic (exact) mass is 214 g/mol. The topological polar surface area (TPSA) is 35.5 Å². The highest BCUT2D eigenvalue weighted by Gasteiger charge is 2.22. The van der Waals surface area contributed by atoms with Crippen LogP contribution in [0, 0.1) is 0 Å². The summed E-state index contributed by atoms with van der Waals surface area (Å²) in [6, 6.07) is 0.763. The number of hydrogen-bond acceptors (Lipinski definition) is 3. The highest BCUT2D eigenvalue weighted by Crippen LogP contribution is 2.17. The van der Waals surface area contributed by atoms with Gasteiger partial charge >= 0.3 is 0 Å². The molecule has 0 aromatic carbocycles. The van der Waals surface area contributed by atoms with E-state index in [-0.39, 0.29) is 0 Å². The third-order valence-corrected chi connectivity index (χ3v) is 3.23. The van der Waals surface area contributed by atoms with Crippen LogP contribution in [-0.4, -0.2) is 48.8 Å². The van der Waals surface area contributed by atoms with Crippen LogP contribution in [0.3, 0.4) is 0 Å². The van der Waals surface area contributed by atoms with E-state index < -0.39 is 0 Å². The average molecular weight is 214 g/mol. The van der Waals surface area contributed by atoms with Crippen molar-refractivity contribution in [3.8, 4) is 0 Å². The van der Waals surface area contributed by atoms with Gasteiger partial charge in [-0.3, -0.25) is 4.90 Å². The van der Waals surface area contributed by atoms with Crippen LogP contribution in [0.5, 0.6) is 0 Å². The lowest BCUT2D eigenvalue weighted by molar-refractivity contribution is 0.235. The van der Waals surface area contributed by atoms with Crippen molar-refractivity contribution in [3.63, 3.8) is 0 Å². The number of likely N-dealkylation sites (tertiary alicyclic amines) is 1. The van der Waals surface area contributed by atoms with Gasteiger partial charge in [0.05, 0.1) is 0 Å². The molecule has 0 radical (unpaired) electrons. The van der Waals surface area contributed by atoms with Gasteiger partial charge in [0.2, 0.25) is 0 Å². The smallest absolute Gasteiger partial charge is 0.0431 e. The number of likely N-dealkylation sites (N-methyl/N-ethyl adjacent to an activating group) is 1. The Kier molecular flexibility index (Phi) is 6.98. The molecule has 1 unspecified atom stereocenters. The van der Waals surface area contributed by atoms with Gasteiger partial charge in [0, 0.05) is 19.2 Å². The van der Waals surface area contributed by atoms with Crippen molar-refractivity contribution in [1.82, 2.24) is 10.2 Å². The number of nitrogens with zero attached hydrogens (tertiary/aromatic N) is 1. The van der Waals surface area contributed by atoms with Crippen LogP contribution < -0.4 is 5.32 Å². The molecule has 2 N–H and O–H groups in total. The number of nitrogens with one attached hydrogen (secondary N) is 1. The first-order chi connectivity index (χ1) is 7.38. The third kappa shape index (κ3) is 4.96. The third-order valence-electron chi connectivity index (χ3n) is 3.23. The molecule has 1 atom stereocenters. The van der Waals surface area contributed by atoms with Crippen LogP contribution in [-0.2, 0) is 0 Å². The second-order valence-electron chi connectivity index (χ2n) is 4.42. The Morgan fingerprint density at radius 2 is 2.20 bits per heavy atom. The molecule has 1 aliphatic rings. The van der Waals surface area contributed by atoms with E-state index in [0.29, 0.717) is 6.61 Å². The van der Waals surface area contributed by atoms with Gasteiger partial charge in [-0.25, -0.2) is 0 Å². The molecule has 0 aromatic rings. The Morgan fingerprint density at radius 3 is 2.93 bits per heavy atom. The molecular weight excluding hydrogens is 188 g/mol. The molecule has 3 nitrogen and oxygen atoms in total. The van der Waals surface area contributed by atoms with Gasteiger partial charge in [0.25, 0.3) is 0 Å². The molecule has 0 spiro atoms. The van der Waals surface area contributed by atoms with E-state index in [0.717, 1.165) is 25.6 Å². The summed E-state index contributed by atoms with van der Waals surface area (Å²) in [5, 5.41) is 12.1. The molecule has 1 fully saturated rings. The summed E-state index contributed by atoms with van der Waals surface area (Å²) in [5.41, 5.74) is 0. The Morgan fingerprint density at radius 1 is 1.33 bits per heavy atom. The van der Waals surface area contributed by atoms with Crippen molar-refractivity contribution in [2.24, 2.45) is 0 Å². The van der Waals surface area contributed by atoms with E-state index in [1.54, 1.807) is 0 Å². The first-order valence-electron chi connectivity index (χ1n) is 6.44. The lowest BCUT2D eigenvalue weighted by Crippen LogP contribution is -2.38. The first kappa shape index (κ1) is 12.9. The SMILES string of the molecule is CCNCC1CCCN1CCCCCO. The predicted molar refractivity (Wildman–Crippen MR) is 64.1 cm³/mol. The molecule has 15 heavy (non-hydrogen) atoms. The summed E-state index contributed by atoms with van der Waals surface area (Å²) < 4.78 is 0. The first-order valence-corrected chi connectivity index (χ1v) is 6.44. The molecule has 1 rings (SSSR count). The van der Waals surface area contributed by atoms with Crippen molar-refractivity contribution in [2.45, 2.75) is 45.1 Å². The van der Waals surface area contributed by atoms with Crippen LogP contribution >= 0.6 is 0 Å². The quantitative estimate of drug-likeness (QED) is 0.596. The maximum atomic E-state index is 8.70. The highest BCUT2D eigenvalue weighted by atomic mass is 16.2. The second kappa shape index (κ2) is 8.08. The zero-order valence-corrected chi connectivity index (χ0v) is 10.0. The van der Waals surface area contributed by atoms with E-state index in [1.165, 1.54) is 38.8 Å². The molecule has 0 amide bonds. The minimum Gasteiger partial charge on any atom is -0.396 e. The van der Waals surface area contributed by atoms with Gasteiger partial charge in [0.15, 0.2) is 0 Å². The number of hydrogen-bond donors (Lipinski definition) is 2. The number of unbranched alkanes of at least 4 members (excludes halogenated alkanes) is 2. The normalized spacial score (nSPS) is 22.4. The summed E-state index contributed by atoms with van der Waals surface area (Å²) in [5.74, 6) is 0. The van der Waals surface area contributed by atoms with Gasteiger partial charge in [-0.1, -0.05) is 6.92 Å². The van der Waals surface area contributed by atoms with Crippen LogP contribution in [0.4, 0.5) is 0 Å². The maximum absolute atomic E-state index is 8.70. The van der Waals surface area contributed by atoms with Crippen molar-refractivity contribution >= 4 is 0 Å². The Hall–Kier alpha value is -0.120. The summed E-state index contributed by atoms with van der Waals surface area (Å²) in [6.45, 7) is 7.23. The van der Waals surface area contributed by atoms with Gasteiger partial charge in [-0.05, 0) is 51.7 Å². The molecule has 1 saturated heterocycles. The minimum atomic E-state index is 0.348. The Bertz CT molecular complexity index is 153. The summed E-state index contributed by atoms with van der Waals surface area (Å²) >= 11 is 0. The second-order valence-corrected chi connectivity index (χ2v) is 4.42. The molecular formula is C12H26N2O. The fourth-order valence-corrected chi connectivity index (χ4v) is 2.34. The molecule has 0 aromatic heterocycles. The number of aliphatic hydroxyl groups excluding tert-OH is 1. The van der Waals surface area contributed by atoms with E-state index in [4.69, 9.17) is 5.11 Å². The van der Waals surface area contributed by atoms with Crippen molar-refractivity contribution in [1.29, 1.82) is 0 Å². The van der Waals surface area contributed by atoms with E-state index in [2.05, 4.69) is 17.1 Å². The standard InChI is InChI=1S/C12H26N2O/c1-2-13-11-12-7-6-9-14(12)8-4-3-5-10-15/h12-13,15H,2-11H2,1H3. The zero-order chi connectivity index (χ0) is 10.9. The fourth-order valence-electron chi connectivity index (χ4n) is 2.34. The fraction of sp³-hybridized carbons (Fsp3) is 1.00.